The van der Waals surface area contributed by atoms with Crippen LogP contribution in [0.15, 0.2) is 73.3 Å². The zero-order valence-corrected chi connectivity index (χ0v) is 9.62. The molecule has 0 unspecified atom stereocenters. The van der Waals surface area contributed by atoms with Crippen molar-refractivity contribution in [1.29, 1.82) is 0 Å². The van der Waals surface area contributed by atoms with E-state index in [4.69, 9.17) is 9.84 Å². The second-order valence-electron chi connectivity index (χ2n) is 3.25. The summed E-state index contributed by atoms with van der Waals surface area (Å²) in [4.78, 5) is 0. The topological polar surface area (TPSA) is 29.5 Å². The van der Waals surface area contributed by atoms with E-state index in [1.165, 1.54) is 0 Å². The molecule has 2 rings (SSSR count). The van der Waals surface area contributed by atoms with Crippen molar-refractivity contribution in [3.8, 4) is 11.5 Å². The number of ether oxygens (including phenoxy) is 1. The molecule has 0 aliphatic heterocycles. The lowest BCUT2D eigenvalue weighted by Crippen LogP contribution is -1.91. The van der Waals surface area contributed by atoms with E-state index in [0.29, 0.717) is 12.4 Å². The van der Waals surface area contributed by atoms with E-state index >= 15 is 0 Å². The van der Waals surface area contributed by atoms with Crippen LogP contribution in [0.25, 0.3) is 0 Å². The first-order chi connectivity index (χ1) is 8.33. The Kier molecular flexibility index (Phi) is 6.04. The zero-order valence-electron chi connectivity index (χ0n) is 9.62. The standard InChI is InChI=1S/C9H10O.C6H6O/c1-2-8-10-9-6-4-3-5-7-9;7-6-4-2-1-3-5-6/h2-7H,1,8H2;1-5,7H. The van der Waals surface area contributed by atoms with Gasteiger partial charge in [0.1, 0.15) is 18.1 Å². The van der Waals surface area contributed by atoms with Gasteiger partial charge in [0, 0.05) is 0 Å². The zero-order chi connectivity index (χ0) is 12.3. The lowest BCUT2D eigenvalue weighted by molar-refractivity contribution is 0.363. The van der Waals surface area contributed by atoms with Crippen molar-refractivity contribution < 1.29 is 9.84 Å². The Labute approximate surface area is 102 Å². The third-order valence-electron chi connectivity index (χ3n) is 1.87. The van der Waals surface area contributed by atoms with Crippen molar-refractivity contribution in [3.05, 3.63) is 73.3 Å². The molecule has 17 heavy (non-hydrogen) atoms. The van der Waals surface area contributed by atoms with Gasteiger partial charge < -0.3 is 9.84 Å². The van der Waals surface area contributed by atoms with Crippen molar-refractivity contribution in [2.24, 2.45) is 0 Å². The molecule has 1 N–H and O–H groups in total. The van der Waals surface area contributed by atoms with E-state index in [9.17, 15) is 0 Å². The van der Waals surface area contributed by atoms with Gasteiger partial charge in [-0.3, -0.25) is 0 Å². The molecule has 0 amide bonds. The number of hydrogen-bond acceptors (Lipinski definition) is 2. The molecule has 0 spiro atoms. The maximum Gasteiger partial charge on any atom is 0.119 e. The van der Waals surface area contributed by atoms with Gasteiger partial charge in [0.15, 0.2) is 0 Å². The van der Waals surface area contributed by atoms with E-state index < -0.39 is 0 Å². The van der Waals surface area contributed by atoms with Crippen molar-refractivity contribution in [1.82, 2.24) is 0 Å². The first-order valence-electron chi connectivity index (χ1n) is 5.35. The summed E-state index contributed by atoms with van der Waals surface area (Å²) in [5.41, 5.74) is 0. The Hall–Kier alpha value is -2.22. The fourth-order valence-corrected chi connectivity index (χ4v) is 1.10. The van der Waals surface area contributed by atoms with Crippen LogP contribution >= 0.6 is 0 Å². The fourth-order valence-electron chi connectivity index (χ4n) is 1.10. The third-order valence-corrected chi connectivity index (χ3v) is 1.87. The molecule has 0 aliphatic carbocycles. The van der Waals surface area contributed by atoms with Gasteiger partial charge in [0.05, 0.1) is 0 Å². The molecule has 0 saturated heterocycles. The van der Waals surface area contributed by atoms with Crippen LogP contribution in [-0.2, 0) is 0 Å². The highest BCUT2D eigenvalue weighted by Crippen LogP contribution is 2.07. The highest BCUT2D eigenvalue weighted by atomic mass is 16.5. The minimum Gasteiger partial charge on any atom is -0.508 e. The van der Waals surface area contributed by atoms with E-state index in [-0.39, 0.29) is 0 Å². The maximum absolute atomic E-state index is 8.63. The molecule has 2 nitrogen and oxygen atoms in total. The summed E-state index contributed by atoms with van der Waals surface area (Å²) in [6.45, 7) is 4.12. The maximum atomic E-state index is 8.63. The number of phenols is 1. The Balaban J connectivity index is 0.000000181. The van der Waals surface area contributed by atoms with Crippen LogP contribution in [0.3, 0.4) is 0 Å². The van der Waals surface area contributed by atoms with Crippen LogP contribution in [0.4, 0.5) is 0 Å². The van der Waals surface area contributed by atoms with E-state index in [1.807, 2.05) is 36.4 Å². The molecule has 0 bridgehead atoms. The van der Waals surface area contributed by atoms with Gasteiger partial charge in [-0.1, -0.05) is 49.1 Å². The molecular weight excluding hydrogens is 212 g/mol. The SMILES string of the molecule is C=CCOc1ccccc1.Oc1ccccc1. The van der Waals surface area contributed by atoms with Crippen molar-refractivity contribution >= 4 is 0 Å². The lowest BCUT2D eigenvalue weighted by atomic mass is 10.3. The average molecular weight is 228 g/mol. The molecule has 0 saturated carbocycles. The Morgan fingerprint density at radius 1 is 0.941 bits per heavy atom. The van der Waals surface area contributed by atoms with E-state index in [0.717, 1.165) is 5.75 Å². The monoisotopic (exact) mass is 228 g/mol. The van der Waals surface area contributed by atoms with Gasteiger partial charge in [0.25, 0.3) is 0 Å². The van der Waals surface area contributed by atoms with Crippen LogP contribution in [-0.4, -0.2) is 11.7 Å². The van der Waals surface area contributed by atoms with Crippen molar-refractivity contribution in [3.63, 3.8) is 0 Å². The van der Waals surface area contributed by atoms with Gasteiger partial charge in [-0.2, -0.15) is 0 Å². The summed E-state index contributed by atoms with van der Waals surface area (Å²) in [7, 11) is 0. The Morgan fingerprint density at radius 3 is 1.88 bits per heavy atom. The quantitative estimate of drug-likeness (QED) is 0.813. The summed E-state index contributed by atoms with van der Waals surface area (Å²) in [6.07, 6.45) is 1.73. The molecule has 0 fully saturated rings. The van der Waals surface area contributed by atoms with Crippen molar-refractivity contribution in [2.45, 2.75) is 0 Å². The predicted molar refractivity (Wildman–Crippen MR) is 70.2 cm³/mol. The van der Waals surface area contributed by atoms with Gasteiger partial charge in [-0.15, -0.1) is 0 Å². The van der Waals surface area contributed by atoms with Gasteiger partial charge in [-0.05, 0) is 24.3 Å². The largest absolute Gasteiger partial charge is 0.508 e. The van der Waals surface area contributed by atoms with Crippen LogP contribution in [0.5, 0.6) is 11.5 Å². The van der Waals surface area contributed by atoms with E-state index in [1.54, 1.807) is 30.3 Å². The molecule has 2 aromatic rings. The molecule has 2 heteroatoms. The summed E-state index contributed by atoms with van der Waals surface area (Å²) >= 11 is 0. The minimum atomic E-state index is 0.322. The van der Waals surface area contributed by atoms with Crippen LogP contribution in [0, 0.1) is 0 Å². The second kappa shape index (κ2) is 7.99. The smallest absolute Gasteiger partial charge is 0.119 e. The summed E-state index contributed by atoms with van der Waals surface area (Å²) < 4.78 is 5.24. The van der Waals surface area contributed by atoms with Crippen molar-refractivity contribution in [2.75, 3.05) is 6.61 Å². The number of aromatic hydroxyl groups is 1. The third kappa shape index (κ3) is 6.05. The van der Waals surface area contributed by atoms with Gasteiger partial charge in [0.2, 0.25) is 0 Å². The first kappa shape index (κ1) is 12.8. The number of rotatable bonds is 3. The molecule has 2 aromatic carbocycles. The normalized spacial score (nSPS) is 8.71. The Morgan fingerprint density at radius 2 is 1.47 bits per heavy atom. The summed E-state index contributed by atoms with van der Waals surface area (Å²) in [5, 5.41) is 8.63. The lowest BCUT2D eigenvalue weighted by Gasteiger charge is -1.99. The molecule has 88 valence electrons. The van der Waals surface area contributed by atoms with Gasteiger partial charge >= 0.3 is 0 Å². The molecule has 0 aromatic heterocycles. The molecule has 0 aliphatic rings. The van der Waals surface area contributed by atoms with E-state index in [2.05, 4.69) is 6.58 Å². The number of benzene rings is 2. The number of hydrogen-bond donors (Lipinski definition) is 1. The highest BCUT2D eigenvalue weighted by molar-refractivity contribution is 5.21. The predicted octanol–water partition coefficient (Wildman–Crippen LogP) is 3.64. The Bertz CT molecular complexity index is 409. The molecular formula is C15H16O2. The van der Waals surface area contributed by atoms with Crippen LogP contribution in [0.1, 0.15) is 0 Å². The molecule has 0 atom stereocenters. The minimum absolute atomic E-state index is 0.322. The summed E-state index contributed by atoms with van der Waals surface area (Å²) in [6, 6.07) is 18.4. The average Bonchev–Trinajstić information content (AvgIpc) is 2.39. The summed E-state index contributed by atoms with van der Waals surface area (Å²) in [5.74, 6) is 1.21. The first-order valence-corrected chi connectivity index (χ1v) is 5.35. The number of para-hydroxylation sites is 2. The van der Waals surface area contributed by atoms with Crippen LogP contribution in [0.2, 0.25) is 0 Å². The number of phenolic OH excluding ortho intramolecular Hbond substituents is 1. The second-order valence-corrected chi connectivity index (χ2v) is 3.25. The van der Waals surface area contributed by atoms with Gasteiger partial charge in [-0.25, -0.2) is 0 Å². The fraction of sp³-hybridized carbons (Fsp3) is 0.0667. The van der Waals surface area contributed by atoms with Crippen LogP contribution < -0.4 is 4.74 Å². The highest BCUT2D eigenvalue weighted by Gasteiger charge is 1.85. The molecule has 0 heterocycles. The molecule has 0 radical (unpaired) electrons.